The SMILES string of the molecule is C1=CC[C]([Zr][C](=C(C(=Cc2ccccc2)c2ccccc2)c2ccccc2)c2ccccc2)=C1. The summed E-state index contributed by atoms with van der Waals surface area (Å²) in [5.74, 6) is 0. The van der Waals surface area contributed by atoms with E-state index in [9.17, 15) is 0 Å². The van der Waals surface area contributed by atoms with Gasteiger partial charge in [-0.05, 0) is 0 Å². The molecule has 0 amide bonds. The van der Waals surface area contributed by atoms with E-state index in [0.717, 1.165) is 6.42 Å². The second-order valence-electron chi connectivity index (χ2n) is 8.27. The van der Waals surface area contributed by atoms with Gasteiger partial charge in [-0.15, -0.1) is 0 Å². The van der Waals surface area contributed by atoms with E-state index in [1.165, 1.54) is 36.7 Å². The summed E-state index contributed by atoms with van der Waals surface area (Å²) in [6.07, 6.45) is 10.3. The number of allylic oxidation sites excluding steroid dienone is 6. The molecular weight excluding hydrogens is 488 g/mol. The summed E-state index contributed by atoms with van der Waals surface area (Å²) in [7, 11) is 0. The van der Waals surface area contributed by atoms with E-state index in [1.807, 2.05) is 0 Å². The Labute approximate surface area is 214 Å². The van der Waals surface area contributed by atoms with Crippen LogP contribution in [0.4, 0.5) is 0 Å². The van der Waals surface area contributed by atoms with Gasteiger partial charge in [0.1, 0.15) is 0 Å². The molecule has 1 aliphatic carbocycles. The summed E-state index contributed by atoms with van der Waals surface area (Å²) in [5, 5.41) is 0. The van der Waals surface area contributed by atoms with E-state index < -0.39 is 23.2 Å². The molecule has 0 saturated carbocycles. The molecule has 0 aromatic heterocycles. The molecule has 1 heteroatoms. The third kappa shape index (κ3) is 5.44. The van der Waals surface area contributed by atoms with Crippen molar-refractivity contribution in [2.75, 3.05) is 0 Å². The third-order valence-corrected chi connectivity index (χ3v) is 9.54. The van der Waals surface area contributed by atoms with E-state index in [1.54, 1.807) is 3.28 Å². The molecule has 0 aliphatic heterocycles. The summed E-state index contributed by atoms with van der Waals surface area (Å²) in [4.78, 5) is 0. The molecule has 34 heavy (non-hydrogen) atoms. The molecular formula is C33H26Zr. The van der Waals surface area contributed by atoms with Crippen molar-refractivity contribution in [3.8, 4) is 0 Å². The molecule has 0 saturated heterocycles. The van der Waals surface area contributed by atoms with Gasteiger partial charge in [-0.2, -0.15) is 0 Å². The van der Waals surface area contributed by atoms with Crippen molar-refractivity contribution in [3.63, 3.8) is 0 Å². The van der Waals surface area contributed by atoms with Crippen molar-refractivity contribution in [1.29, 1.82) is 0 Å². The zero-order chi connectivity index (χ0) is 23.0. The molecule has 4 aromatic rings. The Morgan fingerprint density at radius 1 is 0.588 bits per heavy atom. The fourth-order valence-corrected chi connectivity index (χ4v) is 7.79. The number of hydrogen-bond acceptors (Lipinski definition) is 0. The molecule has 0 spiro atoms. The summed E-state index contributed by atoms with van der Waals surface area (Å²) in [6, 6.07) is 43.5. The van der Waals surface area contributed by atoms with Crippen LogP contribution in [-0.2, 0) is 23.2 Å². The molecule has 162 valence electrons. The van der Waals surface area contributed by atoms with Crippen LogP contribution >= 0.6 is 0 Å². The van der Waals surface area contributed by atoms with Crippen molar-refractivity contribution < 1.29 is 23.2 Å². The third-order valence-electron chi connectivity index (χ3n) is 5.90. The van der Waals surface area contributed by atoms with Crippen molar-refractivity contribution >= 4 is 20.5 Å². The predicted molar refractivity (Wildman–Crippen MR) is 142 cm³/mol. The first-order valence-corrected chi connectivity index (χ1v) is 14.1. The van der Waals surface area contributed by atoms with Crippen LogP contribution in [0, 0.1) is 0 Å². The molecule has 0 bridgehead atoms. The van der Waals surface area contributed by atoms with Crippen LogP contribution in [0.2, 0.25) is 0 Å². The van der Waals surface area contributed by atoms with E-state index in [4.69, 9.17) is 0 Å². The summed E-state index contributed by atoms with van der Waals surface area (Å²) in [6.45, 7) is 0. The fourth-order valence-electron chi connectivity index (χ4n) is 4.26. The Balaban J connectivity index is 1.82. The first-order chi connectivity index (χ1) is 16.9. The average Bonchev–Trinajstić information content (AvgIpc) is 3.43. The van der Waals surface area contributed by atoms with Gasteiger partial charge < -0.3 is 0 Å². The standard InChI is InChI=1S/C28H21.C5H5.Zr/c1-5-13-23(14-6-1)21-27(25-17-9-3-10-18-25)28(26-19-11-4-12-20-26)22-24-15-7-2-8-16-24;1-2-4-5-3-1;/h1-21H;1-3H,4H2;. The van der Waals surface area contributed by atoms with Crippen LogP contribution in [0.1, 0.15) is 28.7 Å². The Hall–Kier alpha value is -3.28. The van der Waals surface area contributed by atoms with Crippen LogP contribution in [0.25, 0.3) is 20.5 Å². The predicted octanol–water partition coefficient (Wildman–Crippen LogP) is 8.72. The van der Waals surface area contributed by atoms with Gasteiger partial charge in [0.2, 0.25) is 0 Å². The van der Waals surface area contributed by atoms with Crippen LogP contribution in [0.5, 0.6) is 0 Å². The zero-order valence-corrected chi connectivity index (χ0v) is 21.5. The molecule has 0 atom stereocenters. The fraction of sp³-hybridized carbons (Fsp3) is 0.0303. The molecule has 0 N–H and O–H groups in total. The van der Waals surface area contributed by atoms with Gasteiger partial charge >= 0.3 is 215 Å². The Morgan fingerprint density at radius 3 is 1.68 bits per heavy atom. The van der Waals surface area contributed by atoms with Gasteiger partial charge in [0.25, 0.3) is 0 Å². The second-order valence-corrected chi connectivity index (χ2v) is 11.7. The summed E-state index contributed by atoms with van der Waals surface area (Å²) in [5.41, 5.74) is 7.73. The van der Waals surface area contributed by atoms with Gasteiger partial charge in [0.05, 0.1) is 0 Å². The zero-order valence-electron chi connectivity index (χ0n) is 19.1. The maximum absolute atomic E-state index is 2.36. The topological polar surface area (TPSA) is 0 Å². The summed E-state index contributed by atoms with van der Waals surface area (Å²) >= 11 is -1.05. The Morgan fingerprint density at radius 2 is 1.12 bits per heavy atom. The molecule has 0 radical (unpaired) electrons. The normalized spacial score (nSPS) is 13.9. The summed E-state index contributed by atoms with van der Waals surface area (Å²) < 4.78 is 3.14. The van der Waals surface area contributed by atoms with Crippen LogP contribution in [-0.4, -0.2) is 0 Å². The van der Waals surface area contributed by atoms with Crippen molar-refractivity contribution in [3.05, 3.63) is 165 Å². The minimum atomic E-state index is -1.05. The first-order valence-electron chi connectivity index (χ1n) is 11.7. The molecule has 4 aromatic carbocycles. The molecule has 1 aliphatic rings. The molecule has 5 rings (SSSR count). The van der Waals surface area contributed by atoms with E-state index >= 15 is 0 Å². The van der Waals surface area contributed by atoms with Gasteiger partial charge in [-0.25, -0.2) is 0 Å². The van der Waals surface area contributed by atoms with Gasteiger partial charge in [0, 0.05) is 0 Å². The number of benzene rings is 4. The number of rotatable bonds is 7. The van der Waals surface area contributed by atoms with Gasteiger partial charge in [-0.3, -0.25) is 0 Å². The minimum absolute atomic E-state index is 1.05. The Kier molecular flexibility index (Phi) is 7.44. The number of hydrogen-bond donors (Lipinski definition) is 0. The molecule has 0 heterocycles. The van der Waals surface area contributed by atoms with E-state index in [2.05, 4.69) is 146 Å². The molecule has 0 unspecified atom stereocenters. The van der Waals surface area contributed by atoms with Crippen molar-refractivity contribution in [2.45, 2.75) is 6.42 Å². The van der Waals surface area contributed by atoms with Crippen LogP contribution < -0.4 is 0 Å². The average molecular weight is 514 g/mol. The van der Waals surface area contributed by atoms with Crippen LogP contribution in [0.3, 0.4) is 0 Å². The second kappa shape index (κ2) is 11.2. The maximum atomic E-state index is 2.36. The van der Waals surface area contributed by atoms with E-state index in [0.29, 0.717) is 0 Å². The first kappa shape index (κ1) is 22.5. The van der Waals surface area contributed by atoms with Gasteiger partial charge in [0.15, 0.2) is 0 Å². The van der Waals surface area contributed by atoms with Crippen LogP contribution in [0.15, 0.2) is 143 Å². The monoisotopic (exact) mass is 512 g/mol. The quantitative estimate of drug-likeness (QED) is 0.171. The van der Waals surface area contributed by atoms with E-state index in [-0.39, 0.29) is 0 Å². The molecule has 0 nitrogen and oxygen atoms in total. The van der Waals surface area contributed by atoms with Crippen molar-refractivity contribution in [1.82, 2.24) is 0 Å². The van der Waals surface area contributed by atoms with Crippen molar-refractivity contribution in [2.24, 2.45) is 0 Å². The molecule has 0 fully saturated rings. The van der Waals surface area contributed by atoms with Gasteiger partial charge in [-0.1, -0.05) is 0 Å². The Bertz CT molecular complexity index is 1340.